The van der Waals surface area contributed by atoms with E-state index in [-0.39, 0.29) is 5.91 Å². The van der Waals surface area contributed by atoms with E-state index < -0.39 is 0 Å². The van der Waals surface area contributed by atoms with Crippen LogP contribution in [0.5, 0.6) is 0 Å². The number of hydrogen-bond donors (Lipinski definition) is 1. The fourth-order valence-electron chi connectivity index (χ4n) is 1.56. The zero-order valence-electron chi connectivity index (χ0n) is 10.4. The lowest BCUT2D eigenvalue weighted by Crippen LogP contribution is -2.13. The number of hydrogen-bond acceptors (Lipinski definition) is 3. The van der Waals surface area contributed by atoms with Crippen molar-refractivity contribution in [1.29, 1.82) is 0 Å². The van der Waals surface area contributed by atoms with Gasteiger partial charge < -0.3 is 5.32 Å². The second-order valence-corrected chi connectivity index (χ2v) is 4.85. The van der Waals surface area contributed by atoms with Gasteiger partial charge in [0, 0.05) is 16.8 Å². The molecule has 2 aromatic rings. The number of aromatic nitrogens is 1. The molecule has 19 heavy (non-hydrogen) atoms. The van der Waals surface area contributed by atoms with E-state index in [0.717, 1.165) is 10.6 Å². The maximum atomic E-state index is 12.2. The molecule has 96 valence electrons. The van der Waals surface area contributed by atoms with Crippen molar-refractivity contribution in [3.05, 3.63) is 67.0 Å². The second kappa shape index (κ2) is 6.75. The van der Waals surface area contributed by atoms with E-state index in [9.17, 15) is 4.79 Å². The normalized spacial score (nSPS) is 9.89. The van der Waals surface area contributed by atoms with Gasteiger partial charge in [-0.2, -0.15) is 0 Å². The number of carbonyl (C=O) groups is 1. The summed E-state index contributed by atoms with van der Waals surface area (Å²) in [5.74, 6) is 0.650. The van der Waals surface area contributed by atoms with Crippen molar-refractivity contribution in [2.75, 3.05) is 11.1 Å². The molecule has 1 aromatic carbocycles. The number of benzene rings is 1. The van der Waals surface area contributed by atoms with Crippen molar-refractivity contribution in [3.8, 4) is 0 Å². The molecule has 1 aromatic heterocycles. The summed E-state index contributed by atoms with van der Waals surface area (Å²) in [6, 6.07) is 11.1. The topological polar surface area (TPSA) is 42.0 Å². The molecule has 4 heteroatoms. The minimum absolute atomic E-state index is 0.125. The second-order valence-electron chi connectivity index (χ2n) is 3.79. The maximum Gasteiger partial charge on any atom is 0.256 e. The van der Waals surface area contributed by atoms with Crippen molar-refractivity contribution >= 4 is 23.4 Å². The van der Waals surface area contributed by atoms with Crippen LogP contribution in [0.3, 0.4) is 0 Å². The molecule has 3 nitrogen and oxygen atoms in total. The smallest absolute Gasteiger partial charge is 0.256 e. The first-order chi connectivity index (χ1) is 9.31. The van der Waals surface area contributed by atoms with Gasteiger partial charge in [0.05, 0.1) is 17.4 Å². The van der Waals surface area contributed by atoms with Crippen LogP contribution < -0.4 is 5.32 Å². The average Bonchev–Trinajstić information content (AvgIpc) is 2.46. The SMILES string of the molecule is C=CCSc1ccccc1C(=O)Nc1cccnc1. The third kappa shape index (κ3) is 3.69. The Morgan fingerprint density at radius 1 is 1.32 bits per heavy atom. The summed E-state index contributed by atoms with van der Waals surface area (Å²) in [6.45, 7) is 3.69. The molecule has 0 radical (unpaired) electrons. The molecule has 1 N–H and O–H groups in total. The van der Waals surface area contributed by atoms with E-state index in [2.05, 4.69) is 16.9 Å². The summed E-state index contributed by atoms with van der Waals surface area (Å²) in [5, 5.41) is 2.83. The average molecular weight is 270 g/mol. The lowest BCUT2D eigenvalue weighted by Gasteiger charge is -2.08. The molecule has 0 atom stereocenters. The van der Waals surface area contributed by atoms with Gasteiger partial charge in [-0.3, -0.25) is 9.78 Å². The third-order valence-electron chi connectivity index (χ3n) is 2.41. The number of pyridine rings is 1. The van der Waals surface area contributed by atoms with Crippen molar-refractivity contribution in [1.82, 2.24) is 4.98 Å². The summed E-state index contributed by atoms with van der Waals surface area (Å²) in [6.07, 6.45) is 5.11. The molecule has 2 rings (SSSR count). The van der Waals surface area contributed by atoms with E-state index in [0.29, 0.717) is 11.3 Å². The lowest BCUT2D eigenvalue weighted by molar-refractivity contribution is 0.102. The van der Waals surface area contributed by atoms with Crippen LogP contribution in [-0.2, 0) is 0 Å². The third-order valence-corrected chi connectivity index (χ3v) is 3.48. The zero-order valence-corrected chi connectivity index (χ0v) is 11.2. The van der Waals surface area contributed by atoms with Gasteiger partial charge in [0.25, 0.3) is 5.91 Å². The predicted molar refractivity (Wildman–Crippen MR) is 79.6 cm³/mol. The van der Waals surface area contributed by atoms with Gasteiger partial charge in [-0.15, -0.1) is 18.3 Å². The van der Waals surface area contributed by atoms with Crippen LogP contribution in [0.1, 0.15) is 10.4 Å². The van der Waals surface area contributed by atoms with Gasteiger partial charge in [-0.05, 0) is 24.3 Å². The highest BCUT2D eigenvalue weighted by Crippen LogP contribution is 2.23. The number of nitrogens with zero attached hydrogens (tertiary/aromatic N) is 1. The van der Waals surface area contributed by atoms with Crippen molar-refractivity contribution < 1.29 is 4.79 Å². The van der Waals surface area contributed by atoms with Gasteiger partial charge in [-0.25, -0.2) is 0 Å². The van der Waals surface area contributed by atoms with Crippen molar-refractivity contribution in [3.63, 3.8) is 0 Å². The predicted octanol–water partition coefficient (Wildman–Crippen LogP) is 3.61. The summed E-state index contributed by atoms with van der Waals surface area (Å²) in [5.41, 5.74) is 1.36. The molecule has 0 spiro atoms. The van der Waals surface area contributed by atoms with Crippen LogP contribution in [0, 0.1) is 0 Å². The molecule has 0 unspecified atom stereocenters. The standard InChI is InChI=1S/C15H14N2OS/c1-2-10-19-14-8-4-3-7-13(14)15(18)17-12-6-5-9-16-11-12/h2-9,11H,1,10H2,(H,17,18). The van der Waals surface area contributed by atoms with Gasteiger partial charge in [0.2, 0.25) is 0 Å². The summed E-state index contributed by atoms with van der Waals surface area (Å²) < 4.78 is 0. The van der Waals surface area contributed by atoms with Gasteiger partial charge in [0.15, 0.2) is 0 Å². The number of rotatable bonds is 5. The zero-order chi connectivity index (χ0) is 13.5. The van der Waals surface area contributed by atoms with E-state index in [1.54, 1.807) is 30.2 Å². The van der Waals surface area contributed by atoms with Gasteiger partial charge >= 0.3 is 0 Å². The molecule has 0 fully saturated rings. The molecular formula is C15H14N2OS. The molecule has 0 saturated carbocycles. The minimum atomic E-state index is -0.125. The molecule has 0 bridgehead atoms. The fraction of sp³-hybridized carbons (Fsp3) is 0.0667. The van der Waals surface area contributed by atoms with E-state index >= 15 is 0 Å². The van der Waals surface area contributed by atoms with E-state index in [1.165, 1.54) is 0 Å². The Hall–Kier alpha value is -2.07. The molecule has 0 aliphatic carbocycles. The van der Waals surface area contributed by atoms with Crippen LogP contribution in [0.4, 0.5) is 5.69 Å². The Morgan fingerprint density at radius 3 is 2.89 bits per heavy atom. The summed E-state index contributed by atoms with van der Waals surface area (Å²) in [7, 11) is 0. The van der Waals surface area contributed by atoms with E-state index in [4.69, 9.17) is 0 Å². The number of anilines is 1. The highest BCUT2D eigenvalue weighted by atomic mass is 32.2. The highest BCUT2D eigenvalue weighted by molar-refractivity contribution is 7.99. The van der Waals surface area contributed by atoms with Crippen LogP contribution >= 0.6 is 11.8 Å². The first kappa shape index (κ1) is 13.4. The summed E-state index contributed by atoms with van der Waals surface area (Å²) >= 11 is 1.59. The fourth-order valence-corrected chi connectivity index (χ4v) is 2.35. The molecule has 0 aliphatic heterocycles. The van der Waals surface area contributed by atoms with Crippen LogP contribution in [0.25, 0.3) is 0 Å². The quantitative estimate of drug-likeness (QED) is 0.666. The molecular weight excluding hydrogens is 256 g/mol. The summed E-state index contributed by atoms with van der Waals surface area (Å²) in [4.78, 5) is 17.1. The van der Waals surface area contributed by atoms with Gasteiger partial charge in [0.1, 0.15) is 0 Å². The lowest BCUT2D eigenvalue weighted by atomic mass is 10.2. The maximum absolute atomic E-state index is 12.2. The molecule has 1 heterocycles. The first-order valence-electron chi connectivity index (χ1n) is 5.85. The van der Waals surface area contributed by atoms with Crippen molar-refractivity contribution in [2.24, 2.45) is 0 Å². The van der Waals surface area contributed by atoms with Crippen LogP contribution in [0.2, 0.25) is 0 Å². The number of thioether (sulfide) groups is 1. The molecule has 1 amide bonds. The Kier molecular flexibility index (Phi) is 4.75. The Morgan fingerprint density at radius 2 is 2.16 bits per heavy atom. The van der Waals surface area contributed by atoms with Crippen LogP contribution in [0.15, 0.2) is 66.3 Å². The monoisotopic (exact) mass is 270 g/mol. The number of nitrogens with one attached hydrogen (secondary N) is 1. The highest BCUT2D eigenvalue weighted by Gasteiger charge is 2.10. The Balaban J connectivity index is 2.16. The molecule has 0 saturated heterocycles. The Labute approximate surface area is 116 Å². The molecule has 0 aliphatic rings. The number of carbonyl (C=O) groups excluding carboxylic acids is 1. The van der Waals surface area contributed by atoms with Crippen LogP contribution in [-0.4, -0.2) is 16.6 Å². The van der Waals surface area contributed by atoms with Crippen molar-refractivity contribution in [2.45, 2.75) is 4.90 Å². The van der Waals surface area contributed by atoms with Gasteiger partial charge in [-0.1, -0.05) is 18.2 Å². The first-order valence-corrected chi connectivity index (χ1v) is 6.84. The number of amides is 1. The largest absolute Gasteiger partial charge is 0.321 e. The Bertz CT molecular complexity index is 569. The van der Waals surface area contributed by atoms with E-state index in [1.807, 2.05) is 36.4 Å². The minimum Gasteiger partial charge on any atom is -0.321 e.